The van der Waals surface area contributed by atoms with E-state index in [1.807, 2.05) is 7.11 Å². The van der Waals surface area contributed by atoms with Crippen molar-refractivity contribution in [3.8, 4) is 5.75 Å². The maximum absolute atomic E-state index is 6.20. The lowest BCUT2D eigenvalue weighted by atomic mass is 9.71. The number of rotatable bonds is 4. The topological polar surface area (TPSA) is 9.23 Å². The number of methoxy groups -OCH3 is 1. The summed E-state index contributed by atoms with van der Waals surface area (Å²) in [7, 11) is 0.801. The Labute approximate surface area is 175 Å². The molecule has 28 heavy (non-hydrogen) atoms. The van der Waals surface area contributed by atoms with Gasteiger partial charge in [0.15, 0.2) is 0 Å². The molecule has 0 saturated heterocycles. The third-order valence-corrected chi connectivity index (χ3v) is 8.92. The maximum atomic E-state index is 6.20. The van der Waals surface area contributed by atoms with Crippen LogP contribution in [0.25, 0.3) is 0 Å². The van der Waals surface area contributed by atoms with Crippen LogP contribution in [0.2, 0.25) is 13.1 Å². The minimum atomic E-state index is -1.06. The first-order valence-electron chi connectivity index (χ1n) is 10.8. The van der Waals surface area contributed by atoms with Gasteiger partial charge >= 0.3 is 0 Å². The summed E-state index contributed by atoms with van der Waals surface area (Å²) in [6.45, 7) is 28.2. The standard InChI is InChI=1S/C26H42OSi/c1-15-14-20(25(6,7)8)23(27-11)22(24(15)28(12)13)26(9,10)21-18(4)16(2)17(3)19(21)5/h14,16,28H,1-13H3. The van der Waals surface area contributed by atoms with Gasteiger partial charge in [-0.2, -0.15) is 0 Å². The van der Waals surface area contributed by atoms with Crippen molar-refractivity contribution in [1.29, 1.82) is 0 Å². The van der Waals surface area contributed by atoms with E-state index in [4.69, 9.17) is 4.74 Å². The molecule has 0 amide bonds. The Balaban J connectivity index is 3.00. The van der Waals surface area contributed by atoms with Gasteiger partial charge in [-0.25, -0.2) is 0 Å². The molecule has 1 atom stereocenters. The van der Waals surface area contributed by atoms with Crippen LogP contribution in [-0.2, 0) is 10.8 Å². The lowest BCUT2D eigenvalue weighted by Gasteiger charge is -2.37. The first kappa shape index (κ1) is 23.0. The lowest BCUT2D eigenvalue weighted by molar-refractivity contribution is 0.384. The van der Waals surface area contributed by atoms with Crippen molar-refractivity contribution in [2.24, 2.45) is 5.92 Å². The van der Waals surface area contributed by atoms with Gasteiger partial charge in [0.1, 0.15) is 5.75 Å². The molecular formula is C26H42OSi. The van der Waals surface area contributed by atoms with Crippen LogP contribution in [0, 0.1) is 12.8 Å². The second-order valence-electron chi connectivity index (χ2n) is 10.7. The SMILES string of the molecule is COc1c(C(C)(C)C)cc(C)c([SiH](C)C)c1C(C)(C)C1=C(C)C(C)C(C)=C1C. The van der Waals surface area contributed by atoms with Gasteiger partial charge in [0, 0.05) is 16.5 Å². The van der Waals surface area contributed by atoms with Crippen LogP contribution in [0.4, 0.5) is 0 Å². The van der Waals surface area contributed by atoms with Crippen molar-refractivity contribution >= 4 is 14.0 Å². The summed E-state index contributed by atoms with van der Waals surface area (Å²) < 4.78 is 6.20. The molecule has 1 unspecified atom stereocenters. The molecule has 0 N–H and O–H groups in total. The number of ether oxygens (including phenoxy) is 1. The highest BCUT2D eigenvalue weighted by Gasteiger charge is 2.40. The van der Waals surface area contributed by atoms with E-state index in [2.05, 4.69) is 88.4 Å². The predicted molar refractivity (Wildman–Crippen MR) is 128 cm³/mol. The highest BCUT2D eigenvalue weighted by Crippen LogP contribution is 2.50. The van der Waals surface area contributed by atoms with E-state index in [0.29, 0.717) is 5.92 Å². The van der Waals surface area contributed by atoms with Crippen molar-refractivity contribution in [3.63, 3.8) is 0 Å². The zero-order valence-electron chi connectivity index (χ0n) is 20.6. The van der Waals surface area contributed by atoms with Crippen LogP contribution in [0.1, 0.15) is 79.0 Å². The van der Waals surface area contributed by atoms with Gasteiger partial charge in [-0.3, -0.25) is 0 Å². The smallest absolute Gasteiger partial charge is 0.126 e. The van der Waals surface area contributed by atoms with Crippen LogP contribution in [0.5, 0.6) is 5.75 Å². The number of hydrogen-bond acceptors (Lipinski definition) is 1. The van der Waals surface area contributed by atoms with Crippen molar-refractivity contribution in [1.82, 2.24) is 0 Å². The van der Waals surface area contributed by atoms with Crippen LogP contribution >= 0.6 is 0 Å². The predicted octanol–water partition coefficient (Wildman–Crippen LogP) is 6.58. The average Bonchev–Trinajstić information content (AvgIpc) is 2.76. The minimum Gasteiger partial charge on any atom is -0.496 e. The highest BCUT2D eigenvalue weighted by atomic mass is 28.3. The molecule has 2 heteroatoms. The fourth-order valence-electron chi connectivity index (χ4n) is 5.39. The van der Waals surface area contributed by atoms with E-state index >= 15 is 0 Å². The molecule has 0 fully saturated rings. The normalized spacial score (nSPS) is 18.6. The molecule has 0 heterocycles. The summed E-state index contributed by atoms with van der Waals surface area (Å²) in [4.78, 5) is 0. The van der Waals surface area contributed by atoms with Gasteiger partial charge in [0.2, 0.25) is 0 Å². The quantitative estimate of drug-likeness (QED) is 0.521. The number of hydrogen-bond donors (Lipinski definition) is 0. The fraction of sp³-hybridized carbons (Fsp3) is 0.615. The molecule has 156 valence electrons. The Morgan fingerprint density at radius 2 is 1.46 bits per heavy atom. The Kier molecular flexibility index (Phi) is 6.17. The molecule has 1 aliphatic carbocycles. The molecule has 0 aromatic heterocycles. The van der Waals surface area contributed by atoms with E-state index < -0.39 is 8.80 Å². The Bertz CT molecular complexity index is 844. The molecule has 0 spiro atoms. The molecule has 1 aromatic rings. The van der Waals surface area contributed by atoms with E-state index in [1.54, 1.807) is 5.19 Å². The summed E-state index contributed by atoms with van der Waals surface area (Å²) in [5.41, 5.74) is 10.2. The molecular weight excluding hydrogens is 356 g/mol. The first-order chi connectivity index (χ1) is 12.7. The summed E-state index contributed by atoms with van der Waals surface area (Å²) in [5.74, 6) is 1.65. The van der Waals surface area contributed by atoms with Gasteiger partial charge in [0.05, 0.1) is 15.9 Å². The second-order valence-corrected chi connectivity index (χ2v) is 13.6. The number of aryl methyl sites for hydroxylation is 1. The lowest BCUT2D eigenvalue weighted by Crippen LogP contribution is -2.39. The molecule has 1 nitrogen and oxygen atoms in total. The number of allylic oxidation sites excluding steroid dienone is 4. The van der Waals surface area contributed by atoms with Crippen molar-refractivity contribution in [2.45, 2.75) is 93.2 Å². The monoisotopic (exact) mass is 398 g/mol. The van der Waals surface area contributed by atoms with Crippen molar-refractivity contribution in [2.75, 3.05) is 7.11 Å². The van der Waals surface area contributed by atoms with Crippen LogP contribution in [0.3, 0.4) is 0 Å². The van der Waals surface area contributed by atoms with Crippen LogP contribution in [-0.4, -0.2) is 15.9 Å². The molecule has 0 aliphatic heterocycles. The molecule has 1 aromatic carbocycles. The first-order valence-corrected chi connectivity index (χ1v) is 13.7. The van der Waals surface area contributed by atoms with E-state index in [0.717, 1.165) is 5.75 Å². The third kappa shape index (κ3) is 3.53. The summed E-state index contributed by atoms with van der Waals surface area (Å²) in [6.07, 6.45) is 0. The van der Waals surface area contributed by atoms with Crippen molar-refractivity contribution in [3.05, 3.63) is 45.0 Å². The van der Waals surface area contributed by atoms with E-state index in [9.17, 15) is 0 Å². The van der Waals surface area contributed by atoms with Crippen molar-refractivity contribution < 1.29 is 4.74 Å². The zero-order valence-corrected chi connectivity index (χ0v) is 21.8. The van der Waals surface area contributed by atoms with Crippen LogP contribution < -0.4 is 9.92 Å². The fourth-order valence-corrected chi connectivity index (χ4v) is 7.46. The third-order valence-electron chi connectivity index (χ3n) is 7.03. The maximum Gasteiger partial charge on any atom is 0.126 e. The van der Waals surface area contributed by atoms with Gasteiger partial charge in [0.25, 0.3) is 0 Å². The minimum absolute atomic E-state index is 0.0468. The van der Waals surface area contributed by atoms with E-state index in [1.165, 1.54) is 39.0 Å². The summed E-state index contributed by atoms with van der Waals surface area (Å²) in [5, 5.41) is 1.58. The molecule has 0 saturated carbocycles. The van der Waals surface area contributed by atoms with Gasteiger partial charge < -0.3 is 4.74 Å². The number of benzene rings is 1. The second kappa shape index (κ2) is 7.52. The van der Waals surface area contributed by atoms with Gasteiger partial charge in [-0.15, -0.1) is 0 Å². The highest BCUT2D eigenvalue weighted by molar-refractivity contribution is 6.71. The van der Waals surface area contributed by atoms with E-state index in [-0.39, 0.29) is 10.8 Å². The molecule has 2 rings (SSSR count). The summed E-state index contributed by atoms with van der Waals surface area (Å²) >= 11 is 0. The Morgan fingerprint density at radius 3 is 1.82 bits per heavy atom. The average molecular weight is 399 g/mol. The van der Waals surface area contributed by atoms with Crippen LogP contribution in [0.15, 0.2) is 28.4 Å². The molecule has 0 radical (unpaired) electrons. The Morgan fingerprint density at radius 1 is 0.929 bits per heavy atom. The van der Waals surface area contributed by atoms with Gasteiger partial charge in [-0.1, -0.05) is 82.6 Å². The largest absolute Gasteiger partial charge is 0.496 e. The molecule has 0 bridgehead atoms. The molecule has 1 aliphatic rings. The zero-order chi connectivity index (χ0) is 21.8. The summed E-state index contributed by atoms with van der Waals surface area (Å²) in [6, 6.07) is 2.40. The van der Waals surface area contributed by atoms with Gasteiger partial charge in [-0.05, 0) is 50.2 Å². The Hall–Kier alpha value is -1.28.